The first kappa shape index (κ1) is 13.7. The maximum atomic E-state index is 3.57. The molecule has 0 aliphatic rings. The molecule has 0 spiro atoms. The standard InChI is InChI=1S/C15H19NS2/c1-12(13-5-7-14(17-2)8-6-13)16-10-9-15-4-3-11-18-15/h3-8,11-12,16H,9-10H2,1-2H3. The van der Waals surface area contributed by atoms with Gasteiger partial charge in [0, 0.05) is 22.4 Å². The molecule has 18 heavy (non-hydrogen) atoms. The monoisotopic (exact) mass is 277 g/mol. The topological polar surface area (TPSA) is 12.0 Å². The fraction of sp³-hybridized carbons (Fsp3) is 0.333. The van der Waals surface area contributed by atoms with Crippen molar-refractivity contribution in [2.45, 2.75) is 24.3 Å². The Balaban J connectivity index is 1.81. The SMILES string of the molecule is CSc1ccc(C(C)NCCc2cccs2)cc1. The van der Waals surface area contributed by atoms with Gasteiger partial charge in [-0.05, 0) is 48.7 Å². The molecule has 96 valence electrons. The number of nitrogens with one attached hydrogen (secondary N) is 1. The van der Waals surface area contributed by atoms with Crippen LogP contribution in [-0.2, 0) is 6.42 Å². The van der Waals surface area contributed by atoms with Gasteiger partial charge in [0.15, 0.2) is 0 Å². The normalized spacial score (nSPS) is 12.6. The van der Waals surface area contributed by atoms with Crippen molar-refractivity contribution in [2.75, 3.05) is 12.8 Å². The van der Waals surface area contributed by atoms with Crippen molar-refractivity contribution < 1.29 is 0 Å². The summed E-state index contributed by atoms with van der Waals surface area (Å²) in [6.45, 7) is 3.26. The third kappa shape index (κ3) is 3.87. The summed E-state index contributed by atoms with van der Waals surface area (Å²) in [5, 5.41) is 5.71. The van der Waals surface area contributed by atoms with Gasteiger partial charge in [0.25, 0.3) is 0 Å². The van der Waals surface area contributed by atoms with Crippen LogP contribution in [0.3, 0.4) is 0 Å². The summed E-state index contributed by atoms with van der Waals surface area (Å²) in [5.41, 5.74) is 1.36. The molecule has 3 heteroatoms. The molecule has 0 amide bonds. The molecule has 1 aromatic carbocycles. The van der Waals surface area contributed by atoms with Crippen LogP contribution >= 0.6 is 23.1 Å². The van der Waals surface area contributed by atoms with Crippen LogP contribution in [0.4, 0.5) is 0 Å². The van der Waals surface area contributed by atoms with E-state index in [1.807, 2.05) is 11.3 Å². The summed E-state index contributed by atoms with van der Waals surface area (Å²) in [4.78, 5) is 2.77. The largest absolute Gasteiger partial charge is 0.310 e. The molecular weight excluding hydrogens is 258 g/mol. The summed E-state index contributed by atoms with van der Waals surface area (Å²) < 4.78 is 0. The maximum Gasteiger partial charge on any atom is 0.0291 e. The van der Waals surface area contributed by atoms with E-state index in [9.17, 15) is 0 Å². The van der Waals surface area contributed by atoms with Crippen molar-refractivity contribution >= 4 is 23.1 Å². The highest BCUT2D eigenvalue weighted by Crippen LogP contribution is 2.19. The molecule has 0 radical (unpaired) electrons. The second-order valence-corrected chi connectivity index (χ2v) is 6.19. The average molecular weight is 277 g/mol. The highest BCUT2D eigenvalue weighted by atomic mass is 32.2. The van der Waals surface area contributed by atoms with Gasteiger partial charge in [0.1, 0.15) is 0 Å². The van der Waals surface area contributed by atoms with E-state index in [2.05, 4.69) is 60.3 Å². The Morgan fingerprint density at radius 1 is 1.22 bits per heavy atom. The molecule has 0 fully saturated rings. The number of hydrogen-bond acceptors (Lipinski definition) is 3. The van der Waals surface area contributed by atoms with Crippen LogP contribution in [0.1, 0.15) is 23.4 Å². The zero-order chi connectivity index (χ0) is 12.8. The number of hydrogen-bond donors (Lipinski definition) is 1. The minimum Gasteiger partial charge on any atom is -0.310 e. The fourth-order valence-corrected chi connectivity index (χ4v) is 2.99. The molecule has 0 saturated carbocycles. The van der Waals surface area contributed by atoms with Crippen molar-refractivity contribution in [3.8, 4) is 0 Å². The maximum absolute atomic E-state index is 3.57. The van der Waals surface area contributed by atoms with Gasteiger partial charge in [0.2, 0.25) is 0 Å². The van der Waals surface area contributed by atoms with E-state index in [0.29, 0.717) is 6.04 Å². The van der Waals surface area contributed by atoms with Crippen molar-refractivity contribution in [3.63, 3.8) is 0 Å². The smallest absolute Gasteiger partial charge is 0.0291 e. The summed E-state index contributed by atoms with van der Waals surface area (Å²) in [7, 11) is 0. The fourth-order valence-electron chi connectivity index (χ4n) is 1.88. The number of benzene rings is 1. The van der Waals surface area contributed by atoms with Crippen LogP contribution in [0.15, 0.2) is 46.7 Å². The molecule has 2 rings (SSSR count). The summed E-state index contributed by atoms with van der Waals surface area (Å²) in [6.07, 6.45) is 3.22. The van der Waals surface area contributed by atoms with Gasteiger partial charge < -0.3 is 5.32 Å². The zero-order valence-electron chi connectivity index (χ0n) is 10.8. The molecule has 0 aliphatic carbocycles. The van der Waals surface area contributed by atoms with E-state index in [1.54, 1.807) is 11.8 Å². The molecular formula is C15H19NS2. The molecule has 1 N–H and O–H groups in total. The third-order valence-corrected chi connectivity index (χ3v) is 4.70. The molecule has 1 aromatic heterocycles. The van der Waals surface area contributed by atoms with Crippen LogP contribution in [0.5, 0.6) is 0 Å². The average Bonchev–Trinajstić information content (AvgIpc) is 2.92. The lowest BCUT2D eigenvalue weighted by atomic mass is 10.1. The Morgan fingerprint density at radius 2 is 2.00 bits per heavy atom. The van der Waals surface area contributed by atoms with Gasteiger partial charge >= 0.3 is 0 Å². The van der Waals surface area contributed by atoms with Gasteiger partial charge in [-0.2, -0.15) is 0 Å². The minimum absolute atomic E-state index is 0.417. The second kappa shape index (κ2) is 6.98. The van der Waals surface area contributed by atoms with Crippen LogP contribution in [0, 0.1) is 0 Å². The molecule has 2 aromatic rings. The van der Waals surface area contributed by atoms with Crippen LogP contribution in [0.25, 0.3) is 0 Å². The Kier molecular flexibility index (Phi) is 5.29. The van der Waals surface area contributed by atoms with E-state index in [-0.39, 0.29) is 0 Å². The lowest BCUT2D eigenvalue weighted by Crippen LogP contribution is -2.21. The van der Waals surface area contributed by atoms with E-state index in [4.69, 9.17) is 0 Å². The van der Waals surface area contributed by atoms with E-state index >= 15 is 0 Å². The number of rotatable bonds is 6. The molecule has 1 unspecified atom stereocenters. The summed E-state index contributed by atoms with van der Waals surface area (Å²) in [5.74, 6) is 0. The highest BCUT2D eigenvalue weighted by Gasteiger charge is 2.04. The molecule has 0 saturated heterocycles. The first-order chi connectivity index (χ1) is 8.79. The summed E-state index contributed by atoms with van der Waals surface area (Å²) >= 11 is 3.62. The molecule has 0 bridgehead atoms. The molecule has 1 nitrogen and oxygen atoms in total. The lowest BCUT2D eigenvalue weighted by Gasteiger charge is -2.14. The molecule has 0 aliphatic heterocycles. The first-order valence-electron chi connectivity index (χ1n) is 6.19. The Bertz CT molecular complexity index is 448. The van der Waals surface area contributed by atoms with E-state index in [1.165, 1.54) is 15.3 Å². The molecule has 1 heterocycles. The second-order valence-electron chi connectivity index (χ2n) is 4.28. The van der Waals surface area contributed by atoms with Gasteiger partial charge in [-0.15, -0.1) is 23.1 Å². The summed E-state index contributed by atoms with van der Waals surface area (Å²) in [6, 6.07) is 13.5. The van der Waals surface area contributed by atoms with Gasteiger partial charge in [-0.1, -0.05) is 18.2 Å². The Hall–Kier alpha value is -0.770. The highest BCUT2D eigenvalue weighted by molar-refractivity contribution is 7.98. The van der Waals surface area contributed by atoms with Gasteiger partial charge in [-0.25, -0.2) is 0 Å². The quantitative estimate of drug-likeness (QED) is 0.787. The van der Waals surface area contributed by atoms with Gasteiger partial charge in [0.05, 0.1) is 0 Å². The Morgan fingerprint density at radius 3 is 2.61 bits per heavy atom. The van der Waals surface area contributed by atoms with Crippen LogP contribution < -0.4 is 5.32 Å². The van der Waals surface area contributed by atoms with Crippen LogP contribution in [0.2, 0.25) is 0 Å². The predicted octanol–water partition coefficient (Wildman–Crippen LogP) is 4.36. The first-order valence-corrected chi connectivity index (χ1v) is 8.30. The number of thiophene rings is 1. The van der Waals surface area contributed by atoms with Gasteiger partial charge in [-0.3, -0.25) is 0 Å². The van der Waals surface area contributed by atoms with Crippen LogP contribution in [-0.4, -0.2) is 12.8 Å². The Labute approximate surface area is 118 Å². The van der Waals surface area contributed by atoms with E-state index in [0.717, 1.165) is 13.0 Å². The third-order valence-electron chi connectivity index (χ3n) is 3.02. The van der Waals surface area contributed by atoms with Crippen molar-refractivity contribution in [3.05, 3.63) is 52.2 Å². The zero-order valence-corrected chi connectivity index (χ0v) is 12.5. The van der Waals surface area contributed by atoms with Crippen molar-refractivity contribution in [2.24, 2.45) is 0 Å². The van der Waals surface area contributed by atoms with Crippen molar-refractivity contribution in [1.29, 1.82) is 0 Å². The van der Waals surface area contributed by atoms with E-state index < -0.39 is 0 Å². The van der Waals surface area contributed by atoms with Crippen molar-refractivity contribution in [1.82, 2.24) is 5.32 Å². The lowest BCUT2D eigenvalue weighted by molar-refractivity contribution is 0.578. The molecule has 1 atom stereocenters. The number of thioether (sulfide) groups is 1. The minimum atomic E-state index is 0.417. The predicted molar refractivity (Wildman–Crippen MR) is 82.7 cm³/mol.